The van der Waals surface area contributed by atoms with E-state index in [0.717, 1.165) is 38.0 Å². The summed E-state index contributed by atoms with van der Waals surface area (Å²) in [6, 6.07) is 9.86. The number of unbranched alkanes of at least 4 members (excludes halogenated alkanes) is 3. The molecule has 0 aliphatic carbocycles. The zero-order valence-corrected chi connectivity index (χ0v) is 13.5. The van der Waals surface area contributed by atoms with Gasteiger partial charge in [-0.1, -0.05) is 18.2 Å². The highest BCUT2D eigenvalue weighted by Gasteiger charge is 2.08. The van der Waals surface area contributed by atoms with Crippen LogP contribution in [-0.4, -0.2) is 23.2 Å². The van der Waals surface area contributed by atoms with Crippen molar-refractivity contribution in [3.05, 3.63) is 36.0 Å². The molecule has 23 heavy (non-hydrogen) atoms. The molecule has 6 heteroatoms. The summed E-state index contributed by atoms with van der Waals surface area (Å²) in [5, 5.41) is 0. The summed E-state index contributed by atoms with van der Waals surface area (Å²) in [5.41, 5.74) is 12.0. The van der Waals surface area contributed by atoms with Crippen LogP contribution in [0.25, 0.3) is 0 Å². The molecule has 2 aromatic rings. The van der Waals surface area contributed by atoms with Gasteiger partial charge < -0.3 is 20.9 Å². The Balaban J connectivity index is 1.56. The predicted molar refractivity (Wildman–Crippen MR) is 91.5 cm³/mol. The molecule has 0 saturated carbocycles. The molecule has 0 aliphatic rings. The van der Waals surface area contributed by atoms with Gasteiger partial charge in [0.2, 0.25) is 5.95 Å². The molecule has 124 valence electrons. The first-order chi connectivity index (χ1) is 11.2. The quantitative estimate of drug-likeness (QED) is 0.690. The summed E-state index contributed by atoms with van der Waals surface area (Å²) in [6.45, 7) is 3.14. The van der Waals surface area contributed by atoms with Gasteiger partial charge in [-0.2, -0.15) is 4.98 Å². The molecule has 0 radical (unpaired) electrons. The molecule has 0 bridgehead atoms. The number of aromatic nitrogens is 2. The van der Waals surface area contributed by atoms with Crippen LogP contribution in [0.2, 0.25) is 0 Å². The number of para-hydroxylation sites is 1. The smallest absolute Gasteiger partial charge is 0.222 e. The van der Waals surface area contributed by atoms with Crippen LogP contribution in [0.4, 0.5) is 11.8 Å². The summed E-state index contributed by atoms with van der Waals surface area (Å²) in [6.07, 6.45) is 4.16. The SMILES string of the molecule is Cc1nc(N)nc(N)c1OCCCCCCOc1ccccc1. The lowest BCUT2D eigenvalue weighted by atomic mass is 10.2. The van der Waals surface area contributed by atoms with Crippen molar-refractivity contribution in [2.45, 2.75) is 32.6 Å². The lowest BCUT2D eigenvalue weighted by molar-refractivity contribution is 0.286. The van der Waals surface area contributed by atoms with Crippen molar-refractivity contribution in [1.29, 1.82) is 0 Å². The molecular weight excluding hydrogens is 292 g/mol. The topological polar surface area (TPSA) is 96.3 Å². The van der Waals surface area contributed by atoms with Gasteiger partial charge in [-0.25, -0.2) is 4.98 Å². The summed E-state index contributed by atoms with van der Waals surface area (Å²) >= 11 is 0. The summed E-state index contributed by atoms with van der Waals surface area (Å²) in [7, 11) is 0. The molecule has 0 spiro atoms. The molecular formula is C17H24N4O2. The number of nitrogens with zero attached hydrogens (tertiary/aromatic N) is 2. The van der Waals surface area contributed by atoms with Crippen molar-refractivity contribution < 1.29 is 9.47 Å². The number of rotatable bonds is 9. The minimum atomic E-state index is 0.172. The summed E-state index contributed by atoms with van der Waals surface area (Å²) in [4.78, 5) is 7.95. The fourth-order valence-electron chi connectivity index (χ4n) is 2.22. The lowest BCUT2D eigenvalue weighted by Crippen LogP contribution is -2.07. The number of hydrogen-bond acceptors (Lipinski definition) is 6. The van der Waals surface area contributed by atoms with Gasteiger partial charge in [0.05, 0.1) is 18.9 Å². The van der Waals surface area contributed by atoms with E-state index in [9.17, 15) is 0 Å². The monoisotopic (exact) mass is 316 g/mol. The van der Waals surface area contributed by atoms with Gasteiger partial charge in [-0.3, -0.25) is 0 Å². The van der Waals surface area contributed by atoms with Crippen molar-refractivity contribution in [3.8, 4) is 11.5 Å². The highest BCUT2D eigenvalue weighted by atomic mass is 16.5. The number of hydrogen-bond donors (Lipinski definition) is 2. The third kappa shape index (κ3) is 5.65. The number of nitrogens with two attached hydrogens (primary N) is 2. The second kappa shape index (κ2) is 8.82. The number of aryl methyl sites for hydroxylation is 1. The average Bonchev–Trinajstić information content (AvgIpc) is 2.53. The van der Waals surface area contributed by atoms with Crippen LogP contribution in [-0.2, 0) is 0 Å². The van der Waals surface area contributed by atoms with Crippen molar-refractivity contribution in [2.24, 2.45) is 0 Å². The molecule has 2 rings (SSSR count). The third-order valence-electron chi connectivity index (χ3n) is 3.38. The van der Waals surface area contributed by atoms with Crippen LogP contribution < -0.4 is 20.9 Å². The van der Waals surface area contributed by atoms with Crippen LogP contribution in [0, 0.1) is 6.92 Å². The van der Waals surface area contributed by atoms with E-state index in [0.29, 0.717) is 23.9 Å². The minimum Gasteiger partial charge on any atom is -0.494 e. The molecule has 4 N–H and O–H groups in total. The van der Waals surface area contributed by atoms with Gasteiger partial charge in [0.25, 0.3) is 0 Å². The highest BCUT2D eigenvalue weighted by molar-refractivity contribution is 5.51. The van der Waals surface area contributed by atoms with Gasteiger partial charge >= 0.3 is 0 Å². The Bertz CT molecular complexity index is 582. The lowest BCUT2D eigenvalue weighted by Gasteiger charge is -2.11. The Kier molecular flexibility index (Phi) is 6.47. The Morgan fingerprint density at radius 1 is 0.870 bits per heavy atom. The van der Waals surface area contributed by atoms with Crippen molar-refractivity contribution in [3.63, 3.8) is 0 Å². The Labute approximate surface area is 136 Å². The van der Waals surface area contributed by atoms with E-state index in [-0.39, 0.29) is 5.95 Å². The van der Waals surface area contributed by atoms with E-state index < -0.39 is 0 Å². The first-order valence-corrected chi connectivity index (χ1v) is 7.87. The molecule has 1 aromatic heterocycles. The molecule has 0 fully saturated rings. The normalized spacial score (nSPS) is 10.5. The molecule has 1 heterocycles. The first kappa shape index (κ1) is 16.9. The molecule has 0 aliphatic heterocycles. The number of benzene rings is 1. The molecule has 0 amide bonds. The second-order valence-electron chi connectivity index (χ2n) is 5.31. The van der Waals surface area contributed by atoms with Crippen molar-refractivity contribution in [2.75, 3.05) is 24.7 Å². The van der Waals surface area contributed by atoms with Crippen molar-refractivity contribution >= 4 is 11.8 Å². The largest absolute Gasteiger partial charge is 0.494 e. The number of ether oxygens (including phenoxy) is 2. The van der Waals surface area contributed by atoms with Crippen molar-refractivity contribution in [1.82, 2.24) is 9.97 Å². The maximum Gasteiger partial charge on any atom is 0.222 e. The second-order valence-corrected chi connectivity index (χ2v) is 5.31. The molecule has 0 unspecified atom stereocenters. The molecule has 6 nitrogen and oxygen atoms in total. The van der Waals surface area contributed by atoms with Crippen LogP contribution in [0.15, 0.2) is 30.3 Å². The molecule has 0 atom stereocenters. The van der Waals surface area contributed by atoms with E-state index in [2.05, 4.69) is 9.97 Å². The van der Waals surface area contributed by atoms with Crippen LogP contribution >= 0.6 is 0 Å². The van der Waals surface area contributed by atoms with Crippen LogP contribution in [0.1, 0.15) is 31.4 Å². The van der Waals surface area contributed by atoms with E-state index in [1.807, 2.05) is 37.3 Å². The standard InChI is InChI=1S/C17H24N4O2/c1-13-15(16(18)21-17(19)20-13)23-12-8-3-2-7-11-22-14-9-5-4-6-10-14/h4-6,9-10H,2-3,7-8,11-12H2,1H3,(H4,18,19,20,21). The maximum atomic E-state index is 5.79. The predicted octanol–water partition coefficient (Wildman–Crippen LogP) is 2.97. The molecule has 1 aromatic carbocycles. The van der Waals surface area contributed by atoms with Gasteiger partial charge in [0.1, 0.15) is 5.75 Å². The Morgan fingerprint density at radius 2 is 1.52 bits per heavy atom. The van der Waals surface area contributed by atoms with E-state index in [4.69, 9.17) is 20.9 Å². The fraction of sp³-hybridized carbons (Fsp3) is 0.412. The van der Waals surface area contributed by atoms with Gasteiger partial charge in [-0.05, 0) is 44.7 Å². The van der Waals surface area contributed by atoms with Crippen LogP contribution in [0.3, 0.4) is 0 Å². The zero-order chi connectivity index (χ0) is 16.5. The fourth-order valence-corrected chi connectivity index (χ4v) is 2.22. The summed E-state index contributed by atoms with van der Waals surface area (Å²) in [5.74, 6) is 1.92. The molecule has 0 saturated heterocycles. The highest BCUT2D eigenvalue weighted by Crippen LogP contribution is 2.23. The first-order valence-electron chi connectivity index (χ1n) is 7.87. The van der Waals surface area contributed by atoms with E-state index in [1.54, 1.807) is 0 Å². The average molecular weight is 316 g/mol. The van der Waals surface area contributed by atoms with Crippen LogP contribution in [0.5, 0.6) is 11.5 Å². The Hall–Kier alpha value is -2.50. The van der Waals surface area contributed by atoms with E-state index in [1.165, 1.54) is 0 Å². The number of anilines is 2. The van der Waals surface area contributed by atoms with E-state index >= 15 is 0 Å². The van der Waals surface area contributed by atoms with Gasteiger partial charge in [-0.15, -0.1) is 0 Å². The summed E-state index contributed by atoms with van der Waals surface area (Å²) < 4.78 is 11.3. The van der Waals surface area contributed by atoms with Gasteiger partial charge in [0.15, 0.2) is 11.6 Å². The third-order valence-corrected chi connectivity index (χ3v) is 3.38. The maximum absolute atomic E-state index is 5.79. The Morgan fingerprint density at radius 3 is 2.17 bits per heavy atom. The minimum absolute atomic E-state index is 0.172. The van der Waals surface area contributed by atoms with Gasteiger partial charge in [0, 0.05) is 0 Å². The number of nitrogen functional groups attached to an aromatic ring is 2. The zero-order valence-electron chi connectivity index (χ0n) is 13.5.